The predicted molar refractivity (Wildman–Crippen MR) is 170 cm³/mol. The molecule has 42 heavy (non-hydrogen) atoms. The zero-order valence-electron chi connectivity index (χ0n) is 24.8. The molecule has 10 heteroatoms. The van der Waals surface area contributed by atoms with Crippen molar-refractivity contribution in [1.29, 1.82) is 0 Å². The molecule has 0 aliphatic rings. The van der Waals surface area contributed by atoms with Crippen molar-refractivity contribution in [1.82, 2.24) is 10.2 Å². The number of carbonyl (C=O) groups excluding carboxylic acids is 2. The van der Waals surface area contributed by atoms with Gasteiger partial charge in [0.1, 0.15) is 18.3 Å². The summed E-state index contributed by atoms with van der Waals surface area (Å²) in [7, 11) is -4.16. The second kappa shape index (κ2) is 15.2. The van der Waals surface area contributed by atoms with Crippen molar-refractivity contribution < 1.29 is 22.7 Å². The van der Waals surface area contributed by atoms with Crippen LogP contribution in [0.5, 0.6) is 5.75 Å². The standard InChI is InChI=1S/C32H40BrN3O5S/c1-6-24(5)34-32(38)30(7-2)35(21-25-11-9-23(4)10-12-25)31(37)22-36(27-15-17-28(18-16-27)41-8-3)42(39,40)29-19-13-26(33)14-20-29/h9-20,24,30H,6-8,21-22H2,1-5H3,(H,34,38)/t24-,30-/m0/s1. The van der Waals surface area contributed by atoms with Crippen molar-refractivity contribution in [2.75, 3.05) is 17.5 Å². The third kappa shape index (κ3) is 8.58. The minimum atomic E-state index is -4.16. The molecule has 0 spiro atoms. The molecule has 3 aromatic rings. The molecule has 0 heterocycles. The fraction of sp³-hybridized carbons (Fsp3) is 0.375. The third-order valence-electron chi connectivity index (χ3n) is 6.98. The molecule has 0 aliphatic heterocycles. The third-order valence-corrected chi connectivity index (χ3v) is 9.29. The summed E-state index contributed by atoms with van der Waals surface area (Å²) < 4.78 is 35.4. The van der Waals surface area contributed by atoms with Crippen molar-refractivity contribution in [2.24, 2.45) is 0 Å². The van der Waals surface area contributed by atoms with Crippen LogP contribution in [0.2, 0.25) is 0 Å². The highest BCUT2D eigenvalue weighted by atomic mass is 79.9. The van der Waals surface area contributed by atoms with Crippen molar-refractivity contribution >= 4 is 43.5 Å². The maximum Gasteiger partial charge on any atom is 0.264 e. The first-order valence-corrected chi connectivity index (χ1v) is 16.4. The highest BCUT2D eigenvalue weighted by Crippen LogP contribution is 2.27. The fourth-order valence-electron chi connectivity index (χ4n) is 4.39. The molecular formula is C32H40BrN3O5S. The molecule has 0 aromatic heterocycles. The Bertz CT molecular complexity index is 1430. The first-order valence-electron chi connectivity index (χ1n) is 14.2. The van der Waals surface area contributed by atoms with Crippen LogP contribution in [-0.4, -0.2) is 50.4 Å². The van der Waals surface area contributed by atoms with Gasteiger partial charge in [-0.15, -0.1) is 0 Å². The molecule has 2 atom stereocenters. The molecule has 226 valence electrons. The molecule has 3 rings (SSSR count). The molecule has 1 N–H and O–H groups in total. The van der Waals surface area contributed by atoms with Crippen LogP contribution < -0.4 is 14.4 Å². The second-order valence-electron chi connectivity index (χ2n) is 10.1. The summed E-state index contributed by atoms with van der Waals surface area (Å²) in [5.74, 6) is -0.172. The van der Waals surface area contributed by atoms with E-state index in [0.717, 1.165) is 26.3 Å². The lowest BCUT2D eigenvalue weighted by Gasteiger charge is -2.33. The smallest absolute Gasteiger partial charge is 0.264 e. The van der Waals surface area contributed by atoms with Gasteiger partial charge in [0.05, 0.1) is 17.2 Å². The van der Waals surface area contributed by atoms with E-state index in [2.05, 4.69) is 21.2 Å². The number of sulfonamides is 1. The lowest BCUT2D eigenvalue weighted by Crippen LogP contribution is -2.53. The first-order chi connectivity index (χ1) is 20.0. The van der Waals surface area contributed by atoms with Crippen molar-refractivity contribution in [2.45, 2.75) is 71.0 Å². The van der Waals surface area contributed by atoms with Crippen molar-refractivity contribution in [3.63, 3.8) is 0 Å². The molecule has 0 fully saturated rings. The van der Waals surface area contributed by atoms with Crippen LogP contribution in [0.15, 0.2) is 82.2 Å². The molecule has 0 radical (unpaired) electrons. The van der Waals surface area contributed by atoms with Crippen LogP contribution in [0.4, 0.5) is 5.69 Å². The maximum absolute atomic E-state index is 14.2. The molecule has 0 bridgehead atoms. The van der Waals surface area contributed by atoms with Gasteiger partial charge in [0.25, 0.3) is 10.0 Å². The number of anilines is 1. The van der Waals surface area contributed by atoms with Gasteiger partial charge in [0, 0.05) is 17.1 Å². The Morgan fingerprint density at radius 1 is 0.905 bits per heavy atom. The number of aryl methyl sites for hydroxylation is 1. The number of amides is 2. The molecule has 3 aromatic carbocycles. The quantitative estimate of drug-likeness (QED) is 0.227. The number of hydrogen-bond acceptors (Lipinski definition) is 5. The number of carbonyl (C=O) groups is 2. The Labute approximate surface area is 258 Å². The van der Waals surface area contributed by atoms with Gasteiger partial charge in [0.2, 0.25) is 11.8 Å². The summed E-state index contributed by atoms with van der Waals surface area (Å²) >= 11 is 3.35. The number of nitrogens with zero attached hydrogens (tertiary/aromatic N) is 2. The van der Waals surface area contributed by atoms with Gasteiger partial charge in [-0.1, -0.05) is 59.6 Å². The Kier molecular flexibility index (Phi) is 12.0. The van der Waals surface area contributed by atoms with Gasteiger partial charge >= 0.3 is 0 Å². The highest BCUT2D eigenvalue weighted by Gasteiger charge is 2.34. The van der Waals surface area contributed by atoms with E-state index in [0.29, 0.717) is 24.5 Å². The van der Waals surface area contributed by atoms with Gasteiger partial charge in [0.15, 0.2) is 0 Å². The van der Waals surface area contributed by atoms with Gasteiger partial charge < -0.3 is 15.0 Å². The largest absolute Gasteiger partial charge is 0.494 e. The number of nitrogens with one attached hydrogen (secondary N) is 1. The van der Waals surface area contributed by atoms with Gasteiger partial charge in [-0.25, -0.2) is 8.42 Å². The summed E-state index contributed by atoms with van der Waals surface area (Å²) in [6, 6.07) is 19.7. The molecule has 2 amide bonds. The zero-order valence-corrected chi connectivity index (χ0v) is 27.2. The summed E-state index contributed by atoms with van der Waals surface area (Å²) in [5.41, 5.74) is 2.22. The monoisotopic (exact) mass is 657 g/mol. The van der Waals surface area contributed by atoms with Crippen LogP contribution in [0.25, 0.3) is 0 Å². The van der Waals surface area contributed by atoms with E-state index in [4.69, 9.17) is 4.74 Å². The number of rotatable bonds is 14. The average Bonchev–Trinajstić information content (AvgIpc) is 2.97. The molecule has 0 saturated heterocycles. The van der Waals surface area contributed by atoms with E-state index in [1.54, 1.807) is 36.4 Å². The normalized spacial score (nSPS) is 12.7. The molecule has 0 aliphatic carbocycles. The van der Waals surface area contributed by atoms with Crippen LogP contribution >= 0.6 is 15.9 Å². The minimum absolute atomic E-state index is 0.0408. The van der Waals surface area contributed by atoms with E-state index in [1.165, 1.54) is 17.0 Å². The fourth-order valence-corrected chi connectivity index (χ4v) is 6.07. The summed E-state index contributed by atoms with van der Waals surface area (Å²) in [6.45, 7) is 9.69. The van der Waals surface area contributed by atoms with Crippen LogP contribution in [0, 0.1) is 6.92 Å². The lowest BCUT2D eigenvalue weighted by atomic mass is 10.1. The predicted octanol–water partition coefficient (Wildman–Crippen LogP) is 6.07. The molecule has 0 saturated carbocycles. The van der Waals surface area contributed by atoms with Gasteiger partial charge in [-0.3, -0.25) is 13.9 Å². The van der Waals surface area contributed by atoms with Gasteiger partial charge in [-0.2, -0.15) is 0 Å². The Morgan fingerprint density at radius 2 is 1.52 bits per heavy atom. The average molecular weight is 659 g/mol. The topological polar surface area (TPSA) is 96.0 Å². The summed E-state index contributed by atoms with van der Waals surface area (Å²) in [5, 5.41) is 2.99. The van der Waals surface area contributed by atoms with E-state index in [-0.39, 0.29) is 23.4 Å². The van der Waals surface area contributed by atoms with E-state index in [9.17, 15) is 18.0 Å². The highest BCUT2D eigenvalue weighted by molar-refractivity contribution is 9.10. The molecule has 0 unspecified atom stereocenters. The number of halogens is 1. The number of hydrogen-bond donors (Lipinski definition) is 1. The van der Waals surface area contributed by atoms with Crippen LogP contribution in [-0.2, 0) is 26.2 Å². The summed E-state index contributed by atoms with van der Waals surface area (Å²) in [6.07, 6.45) is 1.10. The van der Waals surface area contributed by atoms with E-state index in [1.807, 2.05) is 58.9 Å². The van der Waals surface area contributed by atoms with Crippen molar-refractivity contribution in [3.8, 4) is 5.75 Å². The van der Waals surface area contributed by atoms with Gasteiger partial charge in [-0.05, 0) is 87.7 Å². The van der Waals surface area contributed by atoms with E-state index < -0.39 is 28.5 Å². The zero-order chi connectivity index (χ0) is 30.9. The maximum atomic E-state index is 14.2. The van der Waals surface area contributed by atoms with Crippen LogP contribution in [0.3, 0.4) is 0 Å². The van der Waals surface area contributed by atoms with Crippen molar-refractivity contribution in [3.05, 3.63) is 88.4 Å². The Hall–Kier alpha value is -3.37. The summed E-state index contributed by atoms with van der Waals surface area (Å²) in [4.78, 5) is 29.1. The Morgan fingerprint density at radius 3 is 2.07 bits per heavy atom. The number of ether oxygens (including phenoxy) is 1. The SMILES string of the molecule is CCOc1ccc(N(CC(=O)N(Cc2ccc(C)cc2)[C@@H](CC)C(=O)N[C@@H](C)CC)S(=O)(=O)c2ccc(Br)cc2)cc1. The second-order valence-corrected chi connectivity index (χ2v) is 12.9. The Balaban J connectivity index is 2.05. The van der Waals surface area contributed by atoms with Crippen LogP contribution in [0.1, 0.15) is 51.7 Å². The molecule has 8 nitrogen and oxygen atoms in total. The number of benzene rings is 3. The lowest BCUT2D eigenvalue weighted by molar-refractivity contribution is -0.140. The minimum Gasteiger partial charge on any atom is -0.494 e. The van der Waals surface area contributed by atoms with E-state index >= 15 is 0 Å². The first kappa shape index (κ1) is 33.1. The molecular weight excluding hydrogens is 618 g/mol.